The summed E-state index contributed by atoms with van der Waals surface area (Å²) < 4.78 is 32.6. The summed E-state index contributed by atoms with van der Waals surface area (Å²) in [6.07, 6.45) is 3.52. The second-order valence-electron chi connectivity index (χ2n) is 25.0. The molecule has 8 N–H and O–H groups in total. The number of carbonyl (C=O) groups excluding carboxylic acids is 2. The Kier molecular flexibility index (Phi) is 19.9. The zero-order chi connectivity index (χ0) is 71.2. The van der Waals surface area contributed by atoms with Gasteiger partial charge in [-0.05, 0) is 164 Å². The highest BCUT2D eigenvalue weighted by molar-refractivity contribution is 9.11. The van der Waals surface area contributed by atoms with Gasteiger partial charge < -0.3 is 28.8 Å². The SMILES string of the molecule is O=C(O)C1=C(Oc2ccc3cc(Br)ccc3c2)NNN1C(c1ccccc1)(c1ccccc1)c1ccccc1.O=C(OC1CC1)C1=C(Oc2ccc3cc(Br)ccc3c2)NNN1.O=C(OC1CC1)C1=C(Oc2ccc3cc(Br)ccc3c2)NNN1C(c1ccccc1)(c1ccccc1)c1ccccc1. The zero-order valence-corrected chi connectivity index (χ0v) is 60.2. The fourth-order valence-corrected chi connectivity index (χ4v) is 14.1. The van der Waals surface area contributed by atoms with Crippen LogP contribution < -0.4 is 52.5 Å². The number of nitrogens with one attached hydrogen (secondary N) is 7. The summed E-state index contributed by atoms with van der Waals surface area (Å²) in [6.45, 7) is 0. The van der Waals surface area contributed by atoms with Crippen LogP contribution in [-0.4, -0.2) is 45.2 Å². The van der Waals surface area contributed by atoms with Gasteiger partial charge in [-0.3, -0.25) is 31.7 Å². The predicted molar refractivity (Wildman–Crippen MR) is 408 cm³/mol. The summed E-state index contributed by atoms with van der Waals surface area (Å²) >= 11 is 10.5. The number of nitrogens with zero attached hydrogens (tertiary/aromatic N) is 2. The molecule has 12 aromatic carbocycles. The average Bonchev–Trinajstić information content (AvgIpc) is 1.34. The summed E-state index contributed by atoms with van der Waals surface area (Å²) in [4.78, 5) is 39.0. The third kappa shape index (κ3) is 14.4. The first-order valence-electron chi connectivity index (χ1n) is 33.6. The summed E-state index contributed by atoms with van der Waals surface area (Å²) in [5.74, 6) is 0.370. The number of halogens is 3. The Hall–Kier alpha value is -11.4. The van der Waals surface area contributed by atoms with Crippen LogP contribution in [-0.2, 0) is 34.9 Å². The fraction of sp³-hybridized carbons (Fsp3) is 0.0964. The normalized spacial score (nSPS) is 14.8. The molecule has 0 aromatic heterocycles. The first kappa shape index (κ1) is 68.3. The van der Waals surface area contributed by atoms with Gasteiger partial charge in [0.2, 0.25) is 29.0 Å². The molecule has 0 radical (unpaired) electrons. The molecule has 0 spiro atoms. The number of carboxylic acids is 1. The van der Waals surface area contributed by atoms with Crippen molar-refractivity contribution in [2.75, 3.05) is 0 Å². The number of rotatable bonds is 19. The highest BCUT2D eigenvalue weighted by atomic mass is 79.9. The van der Waals surface area contributed by atoms with Gasteiger partial charge in [0.15, 0.2) is 5.70 Å². The average molecular weight is 1570 g/mol. The maximum atomic E-state index is 14.0. The number of fused-ring (bicyclic) bond motifs is 3. The number of benzene rings is 12. The first-order valence-corrected chi connectivity index (χ1v) is 36.0. The Bertz CT molecular complexity index is 5080. The van der Waals surface area contributed by atoms with Gasteiger partial charge in [0, 0.05) is 13.4 Å². The monoisotopic (exact) mass is 1570 g/mol. The van der Waals surface area contributed by atoms with E-state index in [1.807, 2.05) is 254 Å². The topological polar surface area (TPSA) is 208 Å². The highest BCUT2D eigenvalue weighted by Crippen LogP contribution is 2.47. The van der Waals surface area contributed by atoms with E-state index in [2.05, 4.69) is 129 Å². The Labute approximate surface area is 624 Å². The number of hydrazine groups is 6. The Morgan fingerprint density at radius 1 is 0.346 bits per heavy atom. The first-order chi connectivity index (χ1) is 50.9. The minimum Gasteiger partial charge on any atom is -0.476 e. The summed E-state index contributed by atoms with van der Waals surface area (Å²) in [7, 11) is 0. The van der Waals surface area contributed by atoms with Gasteiger partial charge in [-0.1, -0.05) is 266 Å². The number of aliphatic carboxylic acids is 1. The molecular weight excluding hydrogens is 1510 g/mol. The van der Waals surface area contributed by atoms with Crippen molar-refractivity contribution in [1.29, 1.82) is 0 Å². The molecule has 5 aliphatic rings. The third-order valence-corrected chi connectivity index (χ3v) is 19.5. The number of ether oxygens (including phenoxy) is 5. The van der Waals surface area contributed by atoms with Crippen molar-refractivity contribution < 1.29 is 43.2 Å². The molecule has 3 heterocycles. The van der Waals surface area contributed by atoms with Crippen LogP contribution in [0.5, 0.6) is 17.2 Å². The molecule has 2 aliphatic carbocycles. The van der Waals surface area contributed by atoms with E-state index < -0.39 is 29.0 Å². The van der Waals surface area contributed by atoms with E-state index in [0.29, 0.717) is 23.1 Å². The fourth-order valence-electron chi connectivity index (χ4n) is 12.9. The van der Waals surface area contributed by atoms with Crippen molar-refractivity contribution in [2.45, 2.75) is 49.0 Å². The van der Waals surface area contributed by atoms with E-state index >= 15 is 0 Å². The minimum atomic E-state index is -1.14. The van der Waals surface area contributed by atoms with Crippen LogP contribution in [0.25, 0.3) is 32.3 Å². The van der Waals surface area contributed by atoms with Crippen molar-refractivity contribution in [2.24, 2.45) is 0 Å². The Morgan fingerprint density at radius 2 is 0.644 bits per heavy atom. The van der Waals surface area contributed by atoms with Crippen molar-refractivity contribution in [3.8, 4) is 17.2 Å². The summed E-state index contributed by atoms with van der Waals surface area (Å²) in [6, 6.07) is 95.3. The molecule has 2 fully saturated rings. The van der Waals surface area contributed by atoms with Crippen LogP contribution >= 0.6 is 47.8 Å². The van der Waals surface area contributed by atoms with Gasteiger partial charge in [-0.25, -0.2) is 14.4 Å². The molecule has 12 aromatic rings. The van der Waals surface area contributed by atoms with Gasteiger partial charge in [0.05, 0.1) is 0 Å². The van der Waals surface area contributed by atoms with Crippen molar-refractivity contribution in [1.82, 2.24) is 48.3 Å². The molecular formula is C83H66Br3N9O9. The summed E-state index contributed by atoms with van der Waals surface area (Å²) in [5, 5.41) is 20.3. The van der Waals surface area contributed by atoms with Crippen LogP contribution in [0.3, 0.4) is 0 Å². The standard InChI is InChI=1S/C35H28BrN3O3.C32H24BrN3O3.C16H14BrN3O3/c36-29-18-16-25-23-31(19-17-24(25)22-29)41-33-32(34(40)42-30-20-21-30)39(38-37-33)35(26-10-4-1-5-11-26,27-12-6-2-7-13-27)28-14-8-3-9-15-28;33-27-18-16-23-21-28(19-17-22(23)20-27)39-30-29(31(37)38)36(35-34-30)32(24-10-4-1-5-11-24,25-12-6-2-7-13-25)26-14-8-3-9-15-26;17-11-3-1-10-8-13(4-2-9(10)7-11)22-15-14(18-20-19-15)16(21)23-12-5-6-12/h1-19,22-23,30,37-38H,20-21H2;1-21,34-35H,(H,37,38);1-4,7-8,12,18-20H,5-6H2. The lowest BCUT2D eigenvalue weighted by Gasteiger charge is -2.44. The highest BCUT2D eigenvalue weighted by Gasteiger charge is 2.52. The second-order valence-corrected chi connectivity index (χ2v) is 27.7. The molecule has 0 saturated heterocycles. The molecule has 0 bridgehead atoms. The van der Waals surface area contributed by atoms with Crippen LogP contribution in [0.15, 0.2) is 339 Å². The molecule has 518 valence electrons. The van der Waals surface area contributed by atoms with E-state index in [1.54, 1.807) is 5.01 Å². The van der Waals surface area contributed by atoms with Gasteiger partial charge in [-0.15, -0.1) is 16.6 Å². The zero-order valence-electron chi connectivity index (χ0n) is 55.4. The second kappa shape index (κ2) is 30.3. The van der Waals surface area contributed by atoms with Crippen molar-refractivity contribution >= 4 is 98.0 Å². The van der Waals surface area contributed by atoms with Gasteiger partial charge in [0.25, 0.3) is 0 Å². The van der Waals surface area contributed by atoms with Crippen LogP contribution in [0.1, 0.15) is 59.1 Å². The minimum absolute atomic E-state index is 0.0396. The molecule has 0 amide bonds. The molecule has 104 heavy (non-hydrogen) atoms. The van der Waals surface area contributed by atoms with E-state index in [1.165, 1.54) is 0 Å². The Morgan fingerprint density at radius 3 is 0.981 bits per heavy atom. The molecule has 17 rings (SSSR count). The van der Waals surface area contributed by atoms with E-state index in [-0.39, 0.29) is 41.1 Å². The van der Waals surface area contributed by atoms with Gasteiger partial charge in [0.1, 0.15) is 40.5 Å². The maximum Gasteiger partial charge on any atom is 0.362 e. The smallest absolute Gasteiger partial charge is 0.362 e. The molecule has 18 nitrogen and oxygen atoms in total. The predicted octanol–water partition coefficient (Wildman–Crippen LogP) is 16.2. The van der Waals surface area contributed by atoms with Gasteiger partial charge >= 0.3 is 17.9 Å². The number of hydrogen-bond donors (Lipinski definition) is 8. The van der Waals surface area contributed by atoms with Crippen LogP contribution in [0, 0.1) is 0 Å². The van der Waals surface area contributed by atoms with Gasteiger partial charge in [-0.2, -0.15) is 0 Å². The quantitative estimate of drug-likeness (QED) is 0.0280. The van der Waals surface area contributed by atoms with E-state index in [9.17, 15) is 19.5 Å². The third-order valence-electron chi connectivity index (χ3n) is 18.0. The number of hydrogen-bond acceptors (Lipinski definition) is 17. The van der Waals surface area contributed by atoms with E-state index in [4.69, 9.17) is 23.7 Å². The molecule has 21 heteroatoms. The van der Waals surface area contributed by atoms with Crippen molar-refractivity contribution in [3.05, 3.63) is 373 Å². The lowest BCUT2D eigenvalue weighted by Crippen LogP contribution is -2.55. The lowest BCUT2D eigenvalue weighted by molar-refractivity contribution is -0.143. The molecule has 2 saturated carbocycles. The Balaban J connectivity index is 0.000000131. The van der Waals surface area contributed by atoms with Crippen LogP contribution in [0.2, 0.25) is 0 Å². The number of esters is 2. The maximum absolute atomic E-state index is 14.0. The summed E-state index contributed by atoms with van der Waals surface area (Å²) in [5.41, 5.74) is 24.7. The molecule has 0 atom stereocenters. The number of carbonyl (C=O) groups is 3. The largest absolute Gasteiger partial charge is 0.476 e. The molecule has 3 aliphatic heterocycles. The number of carboxylic acid groups (broad SMARTS) is 1. The van der Waals surface area contributed by atoms with E-state index in [0.717, 1.165) is 105 Å². The lowest BCUT2D eigenvalue weighted by atomic mass is 9.76. The van der Waals surface area contributed by atoms with Crippen LogP contribution in [0.4, 0.5) is 0 Å². The van der Waals surface area contributed by atoms with Crippen molar-refractivity contribution in [3.63, 3.8) is 0 Å². The molecule has 0 unspecified atom stereocenters.